The number of carbonyl (C=O) groups excluding carboxylic acids is 2. The molecule has 0 radical (unpaired) electrons. The van der Waals surface area contributed by atoms with Crippen molar-refractivity contribution >= 4 is 23.4 Å². The van der Waals surface area contributed by atoms with Crippen molar-refractivity contribution in [2.75, 3.05) is 0 Å². The van der Waals surface area contributed by atoms with Crippen molar-refractivity contribution in [2.24, 2.45) is 7.05 Å². The van der Waals surface area contributed by atoms with Crippen LogP contribution in [-0.2, 0) is 18.3 Å². The normalized spacial score (nSPS) is 17.4. The maximum absolute atomic E-state index is 13.0. The fourth-order valence-corrected chi connectivity index (χ4v) is 3.79. The van der Waals surface area contributed by atoms with Crippen LogP contribution in [0, 0.1) is 11.3 Å². The summed E-state index contributed by atoms with van der Waals surface area (Å²) in [6.07, 6.45) is -1.96. The molecule has 1 atom stereocenters. The Morgan fingerprint density at radius 3 is 2.62 bits per heavy atom. The van der Waals surface area contributed by atoms with E-state index in [1.165, 1.54) is 16.8 Å². The second kappa shape index (κ2) is 8.83. The molecule has 0 spiro atoms. The SMILES string of the molecule is Cn1nc(C2CC2)cc1C(=O)NC(Cc1ccc(OC(F)(F)F)c(Cl)c1)C(=O)NC1(C#N)CC1. The Morgan fingerprint density at radius 1 is 1.35 bits per heavy atom. The first-order chi connectivity index (χ1) is 16.0. The summed E-state index contributed by atoms with van der Waals surface area (Å²) in [7, 11) is 1.63. The van der Waals surface area contributed by atoms with Crippen LogP contribution < -0.4 is 15.4 Å². The zero-order chi connectivity index (χ0) is 24.7. The molecule has 2 N–H and O–H groups in total. The second-order valence-corrected chi connectivity index (χ2v) is 8.99. The smallest absolute Gasteiger partial charge is 0.404 e. The van der Waals surface area contributed by atoms with Gasteiger partial charge in [-0.05, 0) is 49.4 Å². The maximum Gasteiger partial charge on any atom is 0.573 e. The van der Waals surface area contributed by atoms with Gasteiger partial charge in [0.15, 0.2) is 0 Å². The summed E-state index contributed by atoms with van der Waals surface area (Å²) in [6.45, 7) is 0. The fraction of sp³-hybridized carbons (Fsp3) is 0.455. The van der Waals surface area contributed by atoms with Crippen LogP contribution in [0.5, 0.6) is 5.75 Å². The van der Waals surface area contributed by atoms with Crippen molar-refractivity contribution in [3.63, 3.8) is 0 Å². The number of benzene rings is 1. The summed E-state index contributed by atoms with van der Waals surface area (Å²) in [5.41, 5.74) is 0.508. The molecule has 180 valence electrons. The van der Waals surface area contributed by atoms with E-state index in [1.54, 1.807) is 13.1 Å². The number of nitrogens with zero attached hydrogens (tertiary/aromatic N) is 3. The quantitative estimate of drug-likeness (QED) is 0.583. The Balaban J connectivity index is 1.53. The molecule has 2 aliphatic carbocycles. The molecule has 1 unspecified atom stereocenters. The van der Waals surface area contributed by atoms with Gasteiger partial charge in [-0.3, -0.25) is 14.3 Å². The summed E-state index contributed by atoms with van der Waals surface area (Å²) in [5.74, 6) is -1.36. The highest BCUT2D eigenvalue weighted by molar-refractivity contribution is 6.32. The molecule has 1 aromatic heterocycles. The maximum atomic E-state index is 13.0. The van der Waals surface area contributed by atoms with Crippen LogP contribution in [0.25, 0.3) is 0 Å². The predicted octanol–water partition coefficient (Wildman–Crippen LogP) is 3.36. The third-order valence-corrected chi connectivity index (χ3v) is 6.03. The number of aryl methyl sites for hydroxylation is 1. The van der Waals surface area contributed by atoms with E-state index in [1.807, 2.05) is 0 Å². The van der Waals surface area contributed by atoms with Gasteiger partial charge < -0.3 is 15.4 Å². The van der Waals surface area contributed by atoms with Gasteiger partial charge in [0.2, 0.25) is 5.91 Å². The first kappa shape index (κ1) is 23.9. The minimum Gasteiger partial charge on any atom is -0.404 e. The van der Waals surface area contributed by atoms with E-state index < -0.39 is 35.5 Å². The number of rotatable bonds is 8. The van der Waals surface area contributed by atoms with Gasteiger partial charge in [-0.25, -0.2) is 0 Å². The molecule has 2 aliphatic rings. The average Bonchev–Trinajstić information content (AvgIpc) is 3.68. The second-order valence-electron chi connectivity index (χ2n) is 8.58. The molecule has 12 heteroatoms. The first-order valence-electron chi connectivity index (χ1n) is 10.6. The molecule has 4 rings (SSSR count). The van der Waals surface area contributed by atoms with Gasteiger partial charge >= 0.3 is 6.36 Å². The number of nitriles is 1. The number of alkyl halides is 3. The zero-order valence-electron chi connectivity index (χ0n) is 18.1. The lowest BCUT2D eigenvalue weighted by molar-refractivity contribution is -0.274. The van der Waals surface area contributed by atoms with Gasteiger partial charge in [0, 0.05) is 19.4 Å². The Bertz CT molecular complexity index is 1170. The van der Waals surface area contributed by atoms with E-state index in [0.717, 1.165) is 24.6 Å². The van der Waals surface area contributed by atoms with Gasteiger partial charge in [-0.15, -0.1) is 13.2 Å². The highest BCUT2D eigenvalue weighted by Gasteiger charge is 2.46. The Morgan fingerprint density at radius 2 is 2.06 bits per heavy atom. The highest BCUT2D eigenvalue weighted by Crippen LogP contribution is 2.39. The monoisotopic (exact) mass is 495 g/mol. The van der Waals surface area contributed by atoms with Gasteiger partial charge in [0.05, 0.1) is 16.8 Å². The third kappa shape index (κ3) is 5.62. The van der Waals surface area contributed by atoms with Crippen molar-refractivity contribution in [2.45, 2.75) is 56.0 Å². The van der Waals surface area contributed by atoms with Gasteiger partial charge in [0.25, 0.3) is 5.91 Å². The van der Waals surface area contributed by atoms with E-state index in [4.69, 9.17) is 11.6 Å². The van der Waals surface area contributed by atoms with Crippen LogP contribution in [0.4, 0.5) is 13.2 Å². The van der Waals surface area contributed by atoms with Gasteiger partial charge in [0.1, 0.15) is 23.0 Å². The van der Waals surface area contributed by atoms with E-state index in [9.17, 15) is 28.0 Å². The minimum absolute atomic E-state index is 0.0710. The fourth-order valence-electron chi connectivity index (χ4n) is 3.55. The van der Waals surface area contributed by atoms with Crippen molar-refractivity contribution in [1.82, 2.24) is 20.4 Å². The topological polar surface area (TPSA) is 109 Å². The molecular weight excluding hydrogens is 475 g/mol. The molecule has 2 saturated carbocycles. The molecule has 0 bridgehead atoms. The van der Waals surface area contributed by atoms with Crippen LogP contribution in [0.3, 0.4) is 0 Å². The van der Waals surface area contributed by atoms with E-state index >= 15 is 0 Å². The molecule has 1 aromatic carbocycles. The van der Waals surface area contributed by atoms with Crippen molar-refractivity contribution in [3.05, 3.63) is 46.2 Å². The largest absolute Gasteiger partial charge is 0.573 e. The molecule has 0 saturated heterocycles. The molecule has 34 heavy (non-hydrogen) atoms. The summed E-state index contributed by atoms with van der Waals surface area (Å²) in [5, 5.41) is 18.7. The standard InChI is InChI=1S/C22H21ClF3N5O3/c1-31-17(10-15(30-31)13-3-4-13)20(33)28-16(19(32)29-21(11-27)6-7-21)9-12-2-5-18(14(23)8-12)34-22(24,25)26/h2,5,8,10,13,16H,3-4,6-7,9H2,1H3,(H,28,33)(H,29,32). The lowest BCUT2D eigenvalue weighted by Crippen LogP contribution is -2.51. The van der Waals surface area contributed by atoms with Gasteiger partial charge in [-0.1, -0.05) is 17.7 Å². The number of amides is 2. The molecule has 8 nitrogen and oxygen atoms in total. The predicted molar refractivity (Wildman–Crippen MR) is 114 cm³/mol. The van der Waals surface area contributed by atoms with Crippen LogP contribution >= 0.6 is 11.6 Å². The first-order valence-corrected chi connectivity index (χ1v) is 11.0. The van der Waals surface area contributed by atoms with Crippen molar-refractivity contribution in [1.29, 1.82) is 5.26 Å². The van der Waals surface area contributed by atoms with Crippen LogP contribution in [-0.4, -0.2) is 39.5 Å². The molecule has 0 aliphatic heterocycles. The number of nitrogens with one attached hydrogen (secondary N) is 2. The van der Waals surface area contributed by atoms with Crippen LogP contribution in [0.1, 0.15) is 53.3 Å². The molecule has 1 heterocycles. The number of hydrogen-bond acceptors (Lipinski definition) is 5. The number of halogens is 4. The number of aromatic nitrogens is 2. The minimum atomic E-state index is -4.90. The molecule has 2 amide bonds. The molecule has 2 aromatic rings. The van der Waals surface area contributed by atoms with Gasteiger partial charge in [-0.2, -0.15) is 10.4 Å². The lowest BCUT2D eigenvalue weighted by atomic mass is 10.0. The average molecular weight is 496 g/mol. The molecular formula is C22H21ClF3N5O3. The summed E-state index contributed by atoms with van der Waals surface area (Å²) in [6, 6.07) is 6.23. The van der Waals surface area contributed by atoms with Crippen molar-refractivity contribution < 1.29 is 27.5 Å². The molecule has 2 fully saturated rings. The highest BCUT2D eigenvalue weighted by atomic mass is 35.5. The number of carbonyl (C=O) groups is 2. The summed E-state index contributed by atoms with van der Waals surface area (Å²) >= 11 is 5.93. The van der Waals surface area contributed by atoms with Crippen LogP contribution in [0.2, 0.25) is 5.02 Å². The third-order valence-electron chi connectivity index (χ3n) is 5.74. The Kier molecular flexibility index (Phi) is 6.20. The summed E-state index contributed by atoms with van der Waals surface area (Å²) < 4.78 is 42.8. The van der Waals surface area contributed by atoms with Crippen LogP contribution in [0.15, 0.2) is 24.3 Å². The number of hydrogen-bond donors (Lipinski definition) is 2. The van der Waals surface area contributed by atoms with E-state index in [2.05, 4.69) is 26.5 Å². The van der Waals surface area contributed by atoms with E-state index in [0.29, 0.717) is 24.3 Å². The number of ether oxygens (including phenoxy) is 1. The zero-order valence-corrected chi connectivity index (χ0v) is 18.8. The summed E-state index contributed by atoms with van der Waals surface area (Å²) in [4.78, 5) is 25.9. The van der Waals surface area contributed by atoms with Crippen molar-refractivity contribution in [3.8, 4) is 11.8 Å². The Hall–Kier alpha value is -3.26. The van der Waals surface area contributed by atoms with E-state index in [-0.39, 0.29) is 17.1 Å². The lowest BCUT2D eigenvalue weighted by Gasteiger charge is -2.21. The Labute approximate surface area is 198 Å².